The first-order valence-electron chi connectivity index (χ1n) is 3.21. The van der Waals surface area contributed by atoms with Gasteiger partial charge in [0.15, 0.2) is 0 Å². The van der Waals surface area contributed by atoms with Gasteiger partial charge in [-0.25, -0.2) is 0 Å². The van der Waals surface area contributed by atoms with Crippen molar-refractivity contribution < 1.29 is 10.2 Å². The summed E-state index contributed by atoms with van der Waals surface area (Å²) in [6.07, 6.45) is 0.470. The van der Waals surface area contributed by atoms with Crippen molar-refractivity contribution in [1.29, 1.82) is 0 Å². The first-order chi connectivity index (χ1) is 4.24. The summed E-state index contributed by atoms with van der Waals surface area (Å²) in [5.41, 5.74) is 8.94. The number of aliphatic hydroxyl groups excluding tert-OH is 2. The highest BCUT2D eigenvalue weighted by atomic mass is 16.3. The minimum absolute atomic E-state index is 0.0775. The highest BCUT2D eigenvalue weighted by molar-refractivity contribution is 4.84. The molecule has 0 amide bonds. The zero-order valence-electron chi connectivity index (χ0n) is 5.20. The van der Waals surface area contributed by atoms with Crippen molar-refractivity contribution >= 4 is 0 Å². The molecule has 0 aromatic heterocycles. The van der Waals surface area contributed by atoms with E-state index in [-0.39, 0.29) is 12.5 Å². The third-order valence-corrected chi connectivity index (χ3v) is 1.85. The Hall–Kier alpha value is -0.120. The molecule has 0 aromatic rings. The standard InChI is InChI=1S/C6H11NO2/c7-5-1-4(3-8)2-6(5)9/h4-6,8-9H,1-3H2/t4-,5+,6+/m0/s1. The summed E-state index contributed by atoms with van der Waals surface area (Å²) in [7, 11) is 0. The van der Waals surface area contributed by atoms with E-state index in [0.29, 0.717) is 12.8 Å². The van der Waals surface area contributed by atoms with Crippen molar-refractivity contribution in [3.63, 3.8) is 0 Å². The molecule has 0 saturated heterocycles. The van der Waals surface area contributed by atoms with Gasteiger partial charge >= 0.3 is 0 Å². The SMILES string of the molecule is [N][C@@H]1C[C@H](CO)C[C@H]1O. The van der Waals surface area contributed by atoms with Crippen molar-refractivity contribution in [2.75, 3.05) is 6.61 Å². The Bertz CT molecular complexity index is 87.1. The molecule has 2 N–H and O–H groups in total. The maximum atomic E-state index is 8.94. The van der Waals surface area contributed by atoms with Crippen LogP contribution in [0.15, 0.2) is 0 Å². The minimum Gasteiger partial charge on any atom is -0.396 e. The summed E-state index contributed by atoms with van der Waals surface area (Å²) in [6.45, 7) is 0.0775. The van der Waals surface area contributed by atoms with Crippen LogP contribution in [0.1, 0.15) is 12.8 Å². The third kappa shape index (κ3) is 1.41. The van der Waals surface area contributed by atoms with Crippen molar-refractivity contribution in [1.82, 2.24) is 5.73 Å². The van der Waals surface area contributed by atoms with E-state index in [1.54, 1.807) is 0 Å². The Labute approximate surface area is 54.5 Å². The number of hydrogen-bond donors (Lipinski definition) is 2. The largest absolute Gasteiger partial charge is 0.396 e. The molecular formula is C6H11NO2. The van der Waals surface area contributed by atoms with Crippen LogP contribution in [0.4, 0.5) is 0 Å². The smallest absolute Gasteiger partial charge is 0.0729 e. The Morgan fingerprint density at radius 3 is 2.33 bits per heavy atom. The molecule has 1 rings (SSSR count). The topological polar surface area (TPSA) is 62.8 Å². The lowest BCUT2D eigenvalue weighted by molar-refractivity contribution is 0.151. The van der Waals surface area contributed by atoms with Crippen LogP contribution in [0.5, 0.6) is 0 Å². The lowest BCUT2D eigenvalue weighted by Crippen LogP contribution is -2.19. The van der Waals surface area contributed by atoms with E-state index in [1.807, 2.05) is 0 Å². The van der Waals surface area contributed by atoms with Gasteiger partial charge in [0, 0.05) is 6.61 Å². The van der Waals surface area contributed by atoms with E-state index < -0.39 is 12.1 Å². The summed E-state index contributed by atoms with van der Waals surface area (Å²) in [4.78, 5) is 0. The molecule has 0 spiro atoms. The first kappa shape index (κ1) is 6.99. The van der Waals surface area contributed by atoms with Crippen molar-refractivity contribution in [2.24, 2.45) is 5.92 Å². The molecule has 0 aromatic carbocycles. The van der Waals surface area contributed by atoms with Gasteiger partial charge in [-0.2, -0.15) is 0 Å². The van der Waals surface area contributed by atoms with Crippen molar-refractivity contribution in [3.8, 4) is 0 Å². The Morgan fingerprint density at radius 1 is 1.44 bits per heavy atom. The van der Waals surface area contributed by atoms with Gasteiger partial charge in [-0.1, -0.05) is 0 Å². The van der Waals surface area contributed by atoms with Crippen LogP contribution in [-0.2, 0) is 0 Å². The number of rotatable bonds is 1. The van der Waals surface area contributed by atoms with Gasteiger partial charge in [-0.3, -0.25) is 0 Å². The molecule has 3 nitrogen and oxygen atoms in total. The normalized spacial score (nSPS) is 43.7. The fourth-order valence-electron chi connectivity index (χ4n) is 1.24. The molecule has 3 heteroatoms. The fourth-order valence-corrected chi connectivity index (χ4v) is 1.24. The highest BCUT2D eigenvalue weighted by Crippen LogP contribution is 2.24. The summed E-state index contributed by atoms with van der Waals surface area (Å²) in [5, 5.41) is 17.5. The number of hydrogen-bond acceptors (Lipinski definition) is 2. The summed E-state index contributed by atoms with van der Waals surface area (Å²) in [6, 6.07) is -0.609. The lowest BCUT2D eigenvalue weighted by Gasteiger charge is -2.01. The molecule has 3 atom stereocenters. The van der Waals surface area contributed by atoms with E-state index in [1.165, 1.54) is 0 Å². The van der Waals surface area contributed by atoms with Gasteiger partial charge in [0.1, 0.15) is 0 Å². The molecule has 1 aliphatic carbocycles. The number of nitrogens with zero attached hydrogens (tertiary/aromatic N) is 1. The molecular weight excluding hydrogens is 118 g/mol. The van der Waals surface area contributed by atoms with Crippen LogP contribution in [0, 0.1) is 5.92 Å². The monoisotopic (exact) mass is 129 g/mol. The van der Waals surface area contributed by atoms with Gasteiger partial charge in [-0.05, 0) is 18.8 Å². The molecule has 0 unspecified atom stereocenters. The highest BCUT2D eigenvalue weighted by Gasteiger charge is 2.30. The Kier molecular flexibility index (Phi) is 2.05. The van der Waals surface area contributed by atoms with Crippen molar-refractivity contribution in [3.05, 3.63) is 0 Å². The Balaban J connectivity index is 2.35. The maximum Gasteiger partial charge on any atom is 0.0729 e. The van der Waals surface area contributed by atoms with E-state index in [0.717, 1.165) is 0 Å². The first-order valence-corrected chi connectivity index (χ1v) is 3.21. The second-order valence-electron chi connectivity index (χ2n) is 2.65. The zero-order valence-corrected chi connectivity index (χ0v) is 5.20. The van der Waals surface area contributed by atoms with Gasteiger partial charge in [0.2, 0.25) is 0 Å². The van der Waals surface area contributed by atoms with Gasteiger partial charge in [-0.15, -0.1) is 5.73 Å². The average Bonchev–Trinajstić information content (AvgIpc) is 2.13. The quantitative estimate of drug-likeness (QED) is 0.486. The van der Waals surface area contributed by atoms with Gasteiger partial charge in [0.05, 0.1) is 12.1 Å². The molecule has 2 radical (unpaired) electrons. The molecule has 52 valence electrons. The zero-order chi connectivity index (χ0) is 6.85. The van der Waals surface area contributed by atoms with Crippen LogP contribution in [-0.4, -0.2) is 29.0 Å². The molecule has 0 heterocycles. The Morgan fingerprint density at radius 2 is 2.11 bits per heavy atom. The summed E-state index contributed by atoms with van der Waals surface area (Å²) >= 11 is 0. The maximum absolute atomic E-state index is 8.94. The van der Waals surface area contributed by atoms with E-state index in [2.05, 4.69) is 0 Å². The van der Waals surface area contributed by atoms with E-state index >= 15 is 0 Å². The third-order valence-electron chi connectivity index (χ3n) is 1.85. The lowest BCUT2D eigenvalue weighted by atomic mass is 10.1. The van der Waals surface area contributed by atoms with Crippen LogP contribution < -0.4 is 5.73 Å². The number of aliphatic hydroxyl groups is 2. The summed E-state index contributed by atoms with van der Waals surface area (Å²) in [5.74, 6) is 0.106. The molecule has 0 bridgehead atoms. The van der Waals surface area contributed by atoms with Crippen LogP contribution in [0.3, 0.4) is 0 Å². The molecule has 9 heavy (non-hydrogen) atoms. The molecule has 0 aliphatic heterocycles. The second kappa shape index (κ2) is 2.64. The minimum atomic E-state index is -0.609. The average molecular weight is 129 g/mol. The van der Waals surface area contributed by atoms with Crippen LogP contribution in [0.25, 0.3) is 0 Å². The summed E-state index contributed by atoms with van der Waals surface area (Å²) < 4.78 is 0. The van der Waals surface area contributed by atoms with Crippen LogP contribution in [0.2, 0.25) is 0 Å². The van der Waals surface area contributed by atoms with E-state index in [9.17, 15) is 0 Å². The molecule has 1 saturated carbocycles. The molecule has 1 aliphatic rings. The van der Waals surface area contributed by atoms with E-state index in [4.69, 9.17) is 15.9 Å². The van der Waals surface area contributed by atoms with Gasteiger partial charge in [0.25, 0.3) is 0 Å². The predicted octanol–water partition coefficient (Wildman–Crippen LogP) is -0.813. The van der Waals surface area contributed by atoms with Crippen molar-refractivity contribution in [2.45, 2.75) is 25.0 Å². The van der Waals surface area contributed by atoms with Crippen LogP contribution >= 0.6 is 0 Å². The second-order valence-corrected chi connectivity index (χ2v) is 2.65. The predicted molar refractivity (Wildman–Crippen MR) is 31.7 cm³/mol. The molecule has 1 fully saturated rings. The fraction of sp³-hybridized carbons (Fsp3) is 1.00. The van der Waals surface area contributed by atoms with Gasteiger partial charge < -0.3 is 10.2 Å².